The summed E-state index contributed by atoms with van der Waals surface area (Å²) in [6, 6.07) is 0.526. The number of nitrogens with zero attached hydrogens (tertiary/aromatic N) is 3. The van der Waals surface area contributed by atoms with Gasteiger partial charge in [0.2, 0.25) is 11.7 Å². The Morgan fingerprint density at radius 3 is 2.65 bits per heavy atom. The Kier molecular flexibility index (Phi) is 3.79. The van der Waals surface area contributed by atoms with Crippen molar-refractivity contribution < 1.29 is 9.26 Å². The van der Waals surface area contributed by atoms with Crippen molar-refractivity contribution in [2.75, 3.05) is 19.7 Å². The van der Waals surface area contributed by atoms with Crippen LogP contribution in [0.3, 0.4) is 0 Å². The Labute approximate surface area is 102 Å². The zero-order valence-electron chi connectivity index (χ0n) is 11.0. The molecule has 0 bridgehead atoms. The van der Waals surface area contributed by atoms with Crippen molar-refractivity contribution in [2.24, 2.45) is 0 Å². The fourth-order valence-corrected chi connectivity index (χ4v) is 1.91. The molecule has 1 fully saturated rings. The van der Waals surface area contributed by atoms with Gasteiger partial charge in [0.25, 0.3) is 0 Å². The van der Waals surface area contributed by atoms with Crippen molar-refractivity contribution >= 4 is 0 Å². The van der Waals surface area contributed by atoms with Gasteiger partial charge < -0.3 is 9.26 Å². The van der Waals surface area contributed by atoms with Crippen LogP contribution >= 0.6 is 0 Å². The molecule has 0 unspecified atom stereocenters. The lowest BCUT2D eigenvalue weighted by atomic mass is 10.2. The first-order valence-electron chi connectivity index (χ1n) is 6.27. The van der Waals surface area contributed by atoms with Crippen molar-refractivity contribution in [1.29, 1.82) is 0 Å². The van der Waals surface area contributed by atoms with Crippen LogP contribution in [0.15, 0.2) is 4.52 Å². The Balaban J connectivity index is 2.05. The van der Waals surface area contributed by atoms with E-state index in [2.05, 4.69) is 28.9 Å². The van der Waals surface area contributed by atoms with Crippen LogP contribution in [0.1, 0.15) is 51.4 Å². The third-order valence-corrected chi connectivity index (χ3v) is 3.07. The van der Waals surface area contributed by atoms with Crippen LogP contribution in [0.2, 0.25) is 0 Å². The molecule has 1 aliphatic heterocycles. The van der Waals surface area contributed by atoms with E-state index in [9.17, 15) is 0 Å². The molecule has 0 N–H and O–H groups in total. The molecular formula is C12H21N3O2. The molecule has 0 radical (unpaired) electrons. The van der Waals surface area contributed by atoms with E-state index >= 15 is 0 Å². The Morgan fingerprint density at radius 2 is 2.06 bits per heavy atom. The normalized spacial score (nSPS) is 22.6. The molecule has 17 heavy (non-hydrogen) atoms. The highest BCUT2D eigenvalue weighted by atomic mass is 16.5. The fourth-order valence-electron chi connectivity index (χ4n) is 1.91. The Hall–Kier alpha value is -0.940. The first-order valence-corrected chi connectivity index (χ1v) is 6.27. The second-order valence-corrected chi connectivity index (χ2v) is 5.09. The van der Waals surface area contributed by atoms with Crippen LogP contribution in [-0.2, 0) is 4.74 Å². The van der Waals surface area contributed by atoms with Crippen molar-refractivity contribution in [3.63, 3.8) is 0 Å². The fraction of sp³-hybridized carbons (Fsp3) is 0.833. The van der Waals surface area contributed by atoms with Gasteiger partial charge in [-0.1, -0.05) is 19.0 Å². The summed E-state index contributed by atoms with van der Waals surface area (Å²) in [5.41, 5.74) is 0. The minimum absolute atomic E-state index is 0.0533. The van der Waals surface area contributed by atoms with E-state index in [1.807, 2.05) is 13.8 Å². The Morgan fingerprint density at radius 1 is 1.29 bits per heavy atom. The molecule has 96 valence electrons. The van der Waals surface area contributed by atoms with Crippen molar-refractivity contribution in [1.82, 2.24) is 15.0 Å². The van der Waals surface area contributed by atoms with Gasteiger partial charge in [0.05, 0.1) is 6.61 Å². The molecular weight excluding hydrogens is 218 g/mol. The predicted molar refractivity (Wildman–Crippen MR) is 63.8 cm³/mol. The summed E-state index contributed by atoms with van der Waals surface area (Å²) in [5.74, 6) is 1.63. The maximum atomic E-state index is 5.71. The number of rotatable bonds is 3. The predicted octanol–water partition coefficient (Wildman–Crippen LogP) is 1.97. The maximum absolute atomic E-state index is 5.71. The Bertz CT molecular complexity index is 362. The van der Waals surface area contributed by atoms with Gasteiger partial charge in [-0.3, -0.25) is 4.90 Å². The summed E-state index contributed by atoms with van der Waals surface area (Å²) in [4.78, 5) is 6.77. The van der Waals surface area contributed by atoms with E-state index in [0.717, 1.165) is 19.7 Å². The third kappa shape index (κ3) is 2.84. The minimum Gasteiger partial charge on any atom is -0.367 e. The highest BCUT2D eigenvalue weighted by molar-refractivity contribution is 4.96. The van der Waals surface area contributed by atoms with Gasteiger partial charge in [-0.05, 0) is 13.8 Å². The molecule has 0 spiro atoms. The molecule has 1 aliphatic rings. The zero-order chi connectivity index (χ0) is 12.4. The molecule has 0 amide bonds. The first-order chi connectivity index (χ1) is 8.08. The van der Waals surface area contributed by atoms with Crippen LogP contribution < -0.4 is 0 Å². The van der Waals surface area contributed by atoms with Crippen molar-refractivity contribution in [3.8, 4) is 0 Å². The summed E-state index contributed by atoms with van der Waals surface area (Å²) in [5, 5.41) is 4.02. The van der Waals surface area contributed by atoms with Gasteiger partial charge in [0.15, 0.2) is 0 Å². The summed E-state index contributed by atoms with van der Waals surface area (Å²) < 4.78 is 10.9. The summed E-state index contributed by atoms with van der Waals surface area (Å²) in [7, 11) is 0. The van der Waals surface area contributed by atoms with Gasteiger partial charge in [0.1, 0.15) is 6.10 Å². The molecule has 1 aromatic rings. The highest BCUT2D eigenvalue weighted by Crippen LogP contribution is 2.22. The van der Waals surface area contributed by atoms with E-state index in [1.54, 1.807) is 0 Å². The van der Waals surface area contributed by atoms with Gasteiger partial charge in [-0.15, -0.1) is 0 Å². The molecule has 2 heterocycles. The molecule has 0 aliphatic carbocycles. The summed E-state index contributed by atoms with van der Waals surface area (Å²) >= 11 is 0. The summed E-state index contributed by atoms with van der Waals surface area (Å²) in [6.45, 7) is 11.0. The van der Waals surface area contributed by atoms with E-state index in [1.165, 1.54) is 0 Å². The molecule has 5 heteroatoms. The van der Waals surface area contributed by atoms with E-state index in [-0.39, 0.29) is 12.0 Å². The van der Waals surface area contributed by atoms with Gasteiger partial charge in [-0.25, -0.2) is 0 Å². The second-order valence-electron chi connectivity index (χ2n) is 5.09. The molecule has 1 atom stereocenters. The van der Waals surface area contributed by atoms with Gasteiger partial charge >= 0.3 is 0 Å². The average Bonchev–Trinajstić information content (AvgIpc) is 2.78. The number of morpholine rings is 1. The smallest absolute Gasteiger partial charge is 0.229 e. The molecule has 5 nitrogen and oxygen atoms in total. The molecule has 1 aromatic heterocycles. The van der Waals surface area contributed by atoms with Crippen LogP contribution in [0.25, 0.3) is 0 Å². The zero-order valence-corrected chi connectivity index (χ0v) is 11.0. The van der Waals surface area contributed by atoms with Crippen LogP contribution in [-0.4, -0.2) is 40.8 Å². The van der Waals surface area contributed by atoms with E-state index < -0.39 is 0 Å². The first kappa shape index (κ1) is 12.5. The average molecular weight is 239 g/mol. The molecule has 2 rings (SSSR count). The van der Waals surface area contributed by atoms with Crippen LogP contribution in [0.5, 0.6) is 0 Å². The second kappa shape index (κ2) is 5.14. The van der Waals surface area contributed by atoms with Gasteiger partial charge in [0, 0.05) is 25.0 Å². The largest absolute Gasteiger partial charge is 0.367 e. The van der Waals surface area contributed by atoms with E-state index in [4.69, 9.17) is 9.26 Å². The SMILES string of the molecule is CC(C)c1nc([C@H]2CN(C(C)C)CCO2)no1. The van der Waals surface area contributed by atoms with Crippen LogP contribution in [0.4, 0.5) is 0 Å². The highest BCUT2D eigenvalue weighted by Gasteiger charge is 2.27. The van der Waals surface area contributed by atoms with Crippen LogP contribution in [0, 0.1) is 0 Å². The number of hydrogen-bond acceptors (Lipinski definition) is 5. The monoisotopic (exact) mass is 239 g/mol. The standard InChI is InChI=1S/C12H21N3O2/c1-8(2)12-13-11(14-17-12)10-7-15(9(3)4)5-6-16-10/h8-10H,5-7H2,1-4H3/t10-/m1/s1. The lowest BCUT2D eigenvalue weighted by Gasteiger charge is -2.34. The van der Waals surface area contributed by atoms with E-state index in [0.29, 0.717) is 17.8 Å². The molecule has 0 saturated carbocycles. The molecule has 1 saturated heterocycles. The van der Waals surface area contributed by atoms with Gasteiger partial charge in [-0.2, -0.15) is 4.98 Å². The lowest BCUT2D eigenvalue weighted by molar-refractivity contribution is -0.0450. The topological polar surface area (TPSA) is 51.4 Å². The third-order valence-electron chi connectivity index (χ3n) is 3.07. The lowest BCUT2D eigenvalue weighted by Crippen LogP contribution is -2.42. The number of ether oxygens (including phenoxy) is 1. The number of hydrogen-bond donors (Lipinski definition) is 0. The minimum atomic E-state index is -0.0533. The summed E-state index contributed by atoms with van der Waals surface area (Å²) in [6.07, 6.45) is -0.0533. The quantitative estimate of drug-likeness (QED) is 0.807. The van der Waals surface area contributed by atoms with Crippen molar-refractivity contribution in [2.45, 2.75) is 45.8 Å². The number of aromatic nitrogens is 2. The molecule has 0 aromatic carbocycles. The maximum Gasteiger partial charge on any atom is 0.229 e. The van der Waals surface area contributed by atoms with Crippen molar-refractivity contribution in [3.05, 3.63) is 11.7 Å².